The molecule has 3 aromatic rings. The zero-order chi connectivity index (χ0) is 23.0. The van der Waals surface area contributed by atoms with Gasteiger partial charge in [0.15, 0.2) is 10.8 Å². The summed E-state index contributed by atoms with van der Waals surface area (Å²) in [4.78, 5) is 27.1. The number of halogens is 5. The number of nitrogens with zero attached hydrogens (tertiary/aromatic N) is 4. The Bertz CT molecular complexity index is 1180. The lowest BCUT2D eigenvalue weighted by Gasteiger charge is -2.22. The van der Waals surface area contributed by atoms with Gasteiger partial charge in [-0.15, -0.1) is 10.2 Å². The minimum absolute atomic E-state index is 0.0301. The van der Waals surface area contributed by atoms with E-state index in [4.69, 9.17) is 11.6 Å². The van der Waals surface area contributed by atoms with Gasteiger partial charge in [-0.2, -0.15) is 13.2 Å². The summed E-state index contributed by atoms with van der Waals surface area (Å²) in [6.07, 6.45) is -2.20. The summed E-state index contributed by atoms with van der Waals surface area (Å²) in [5.41, 5.74) is -0.778. The highest BCUT2D eigenvalue weighted by molar-refractivity contribution is 8.00. The normalized spacial score (nSPS) is 17.6. The van der Waals surface area contributed by atoms with Crippen LogP contribution in [0.15, 0.2) is 41.7 Å². The smallest absolute Gasteiger partial charge is 0.278 e. The van der Waals surface area contributed by atoms with Crippen LogP contribution in [-0.2, 0) is 11.0 Å². The second kappa shape index (κ2) is 8.70. The molecule has 0 N–H and O–H groups in total. The predicted octanol–water partition coefficient (Wildman–Crippen LogP) is 4.85. The minimum atomic E-state index is -4.62. The fraction of sp³-hybridized carbons (Fsp3) is 0.300. The monoisotopic (exact) mass is 486 g/mol. The highest BCUT2D eigenvalue weighted by Gasteiger charge is 2.35. The van der Waals surface area contributed by atoms with Gasteiger partial charge in [0.25, 0.3) is 5.91 Å². The van der Waals surface area contributed by atoms with Crippen molar-refractivity contribution in [2.75, 3.05) is 6.54 Å². The molecule has 32 heavy (non-hydrogen) atoms. The Morgan fingerprint density at radius 1 is 1.16 bits per heavy atom. The molecule has 2 amide bonds. The summed E-state index contributed by atoms with van der Waals surface area (Å²) < 4.78 is 53.9. The number of imide groups is 1. The molecule has 168 valence electrons. The van der Waals surface area contributed by atoms with E-state index < -0.39 is 34.6 Å². The largest absolute Gasteiger partial charge is 0.417 e. The van der Waals surface area contributed by atoms with Crippen molar-refractivity contribution in [3.63, 3.8) is 0 Å². The second-order valence-corrected chi connectivity index (χ2v) is 8.73. The van der Waals surface area contributed by atoms with E-state index in [0.717, 1.165) is 45.5 Å². The van der Waals surface area contributed by atoms with Gasteiger partial charge in [-0.25, -0.2) is 4.39 Å². The molecule has 0 saturated carbocycles. The first kappa shape index (κ1) is 22.5. The van der Waals surface area contributed by atoms with Crippen LogP contribution >= 0.6 is 23.4 Å². The lowest BCUT2D eigenvalue weighted by Crippen LogP contribution is -2.41. The molecule has 1 saturated heterocycles. The molecular weight excluding hydrogens is 472 g/mol. The number of carbonyl (C=O) groups is 2. The van der Waals surface area contributed by atoms with Crippen LogP contribution in [0.1, 0.15) is 35.2 Å². The van der Waals surface area contributed by atoms with Crippen LogP contribution < -0.4 is 0 Å². The number of aromatic nitrogens is 3. The Morgan fingerprint density at radius 3 is 2.56 bits per heavy atom. The molecule has 1 aliphatic heterocycles. The van der Waals surface area contributed by atoms with Gasteiger partial charge in [-0.1, -0.05) is 29.8 Å². The van der Waals surface area contributed by atoms with Gasteiger partial charge in [-0.3, -0.25) is 18.9 Å². The average molecular weight is 487 g/mol. The van der Waals surface area contributed by atoms with E-state index in [-0.39, 0.29) is 27.9 Å². The lowest BCUT2D eigenvalue weighted by molar-refractivity contribution is -0.138. The maximum atomic E-state index is 13.2. The van der Waals surface area contributed by atoms with Crippen LogP contribution in [0.3, 0.4) is 0 Å². The Kier molecular flexibility index (Phi) is 6.13. The van der Waals surface area contributed by atoms with Crippen molar-refractivity contribution in [3.8, 4) is 0 Å². The Morgan fingerprint density at radius 2 is 1.88 bits per heavy atom. The number of fused-ring (bicyclic) bond motifs is 1. The number of likely N-dealkylation sites (tertiary alicyclic amines) is 1. The van der Waals surface area contributed by atoms with E-state index in [0.29, 0.717) is 19.3 Å². The summed E-state index contributed by atoms with van der Waals surface area (Å²) in [7, 11) is 0. The predicted molar refractivity (Wildman–Crippen MR) is 109 cm³/mol. The standard InChI is InChI=1S/C20H15ClF4N4O2S/c21-14-9-12(20(23,24)25)10-29-16(14)26-27-19(29)32-15-3-1-2-8-28(18(15)31)17(30)11-4-6-13(22)7-5-11/h4-7,9-10,15H,1-3,8H2. The Hall–Kier alpha value is -2.66. The van der Waals surface area contributed by atoms with Crippen molar-refractivity contribution >= 4 is 40.8 Å². The maximum Gasteiger partial charge on any atom is 0.417 e. The van der Waals surface area contributed by atoms with Crippen molar-refractivity contribution in [1.29, 1.82) is 0 Å². The molecule has 1 aromatic carbocycles. The Labute approximate surface area is 188 Å². The van der Waals surface area contributed by atoms with Gasteiger partial charge in [-0.05, 0) is 43.2 Å². The van der Waals surface area contributed by atoms with Crippen LogP contribution in [0.4, 0.5) is 17.6 Å². The minimum Gasteiger partial charge on any atom is -0.278 e. The molecule has 6 nitrogen and oxygen atoms in total. The van der Waals surface area contributed by atoms with Crippen LogP contribution in [0, 0.1) is 5.82 Å². The van der Waals surface area contributed by atoms with Gasteiger partial charge in [0.2, 0.25) is 5.91 Å². The van der Waals surface area contributed by atoms with Crippen molar-refractivity contribution in [3.05, 3.63) is 58.5 Å². The Balaban J connectivity index is 1.63. The van der Waals surface area contributed by atoms with Crippen molar-refractivity contribution in [2.24, 2.45) is 0 Å². The maximum absolute atomic E-state index is 13.2. The number of carbonyl (C=O) groups excluding carboxylic acids is 2. The highest BCUT2D eigenvalue weighted by atomic mass is 35.5. The number of thioether (sulfide) groups is 1. The zero-order valence-electron chi connectivity index (χ0n) is 16.3. The zero-order valence-corrected chi connectivity index (χ0v) is 17.8. The second-order valence-electron chi connectivity index (χ2n) is 7.15. The number of benzene rings is 1. The van der Waals surface area contributed by atoms with E-state index >= 15 is 0 Å². The van der Waals surface area contributed by atoms with E-state index in [1.165, 1.54) is 12.1 Å². The average Bonchev–Trinajstić information content (AvgIpc) is 3.06. The SMILES string of the molecule is O=C(c1ccc(F)cc1)N1CCCCC(Sc2nnc3c(Cl)cc(C(F)(F)F)cn23)C1=O. The molecule has 0 aliphatic carbocycles. The third-order valence-corrected chi connectivity index (χ3v) is 6.47. The van der Waals surface area contributed by atoms with Gasteiger partial charge < -0.3 is 0 Å². The summed E-state index contributed by atoms with van der Waals surface area (Å²) in [5.74, 6) is -1.56. The number of hydrogen-bond donors (Lipinski definition) is 0. The molecule has 0 radical (unpaired) electrons. The molecule has 4 rings (SSSR count). The van der Waals surface area contributed by atoms with Crippen molar-refractivity contribution in [1.82, 2.24) is 19.5 Å². The summed E-state index contributed by atoms with van der Waals surface area (Å²) in [5, 5.41) is 6.81. The van der Waals surface area contributed by atoms with Gasteiger partial charge in [0.1, 0.15) is 5.82 Å². The quantitative estimate of drug-likeness (QED) is 0.391. The molecule has 3 heterocycles. The highest BCUT2D eigenvalue weighted by Crippen LogP contribution is 2.35. The third kappa shape index (κ3) is 4.44. The fourth-order valence-corrected chi connectivity index (χ4v) is 4.72. The number of alkyl halides is 3. The lowest BCUT2D eigenvalue weighted by atomic mass is 10.2. The molecule has 0 spiro atoms. The summed E-state index contributed by atoms with van der Waals surface area (Å²) in [6.45, 7) is 0.191. The summed E-state index contributed by atoms with van der Waals surface area (Å²) >= 11 is 6.87. The molecule has 12 heteroatoms. The van der Waals surface area contributed by atoms with Crippen LogP contribution in [0.25, 0.3) is 5.65 Å². The van der Waals surface area contributed by atoms with E-state index in [1.54, 1.807) is 0 Å². The van der Waals surface area contributed by atoms with Crippen molar-refractivity contribution < 1.29 is 27.2 Å². The number of hydrogen-bond acceptors (Lipinski definition) is 5. The molecule has 1 unspecified atom stereocenters. The van der Waals surface area contributed by atoms with Crippen LogP contribution in [-0.4, -0.2) is 43.1 Å². The third-order valence-electron chi connectivity index (χ3n) is 4.98. The van der Waals surface area contributed by atoms with Gasteiger partial charge in [0, 0.05) is 18.3 Å². The molecule has 1 atom stereocenters. The van der Waals surface area contributed by atoms with Crippen LogP contribution in [0.5, 0.6) is 0 Å². The fourth-order valence-electron chi connectivity index (χ4n) is 3.36. The molecule has 2 aromatic heterocycles. The van der Waals surface area contributed by atoms with Gasteiger partial charge >= 0.3 is 6.18 Å². The first-order valence-electron chi connectivity index (χ1n) is 9.54. The van der Waals surface area contributed by atoms with Crippen LogP contribution in [0.2, 0.25) is 5.02 Å². The summed E-state index contributed by atoms with van der Waals surface area (Å²) in [6, 6.07) is 5.62. The molecule has 1 aliphatic rings. The topological polar surface area (TPSA) is 67.6 Å². The number of amides is 2. The molecule has 1 fully saturated rings. The number of rotatable bonds is 3. The van der Waals surface area contributed by atoms with E-state index in [1.807, 2.05) is 0 Å². The first-order chi connectivity index (χ1) is 15.1. The van der Waals surface area contributed by atoms with Gasteiger partial charge in [0.05, 0.1) is 15.8 Å². The van der Waals surface area contributed by atoms with Crippen molar-refractivity contribution in [2.45, 2.75) is 35.8 Å². The van der Waals surface area contributed by atoms with E-state index in [2.05, 4.69) is 10.2 Å². The molecular formula is C20H15ClF4N4O2S. The van der Waals surface area contributed by atoms with E-state index in [9.17, 15) is 27.2 Å². The first-order valence-corrected chi connectivity index (χ1v) is 10.8. The number of pyridine rings is 1. The molecule has 0 bridgehead atoms.